The third kappa shape index (κ3) is 11.2. The first kappa shape index (κ1) is 46.9. The van der Waals surface area contributed by atoms with E-state index in [2.05, 4.69) is 40.0 Å². The molecule has 6 aliphatic heterocycles. The van der Waals surface area contributed by atoms with Crippen molar-refractivity contribution in [2.75, 3.05) is 83.6 Å². The number of aromatic nitrogens is 4. The topological polar surface area (TPSA) is 132 Å². The van der Waals surface area contributed by atoms with Crippen LogP contribution in [0.1, 0.15) is 104 Å². The molecule has 6 saturated heterocycles. The minimum atomic E-state index is -0.123. The maximum Gasteiger partial charge on any atom is 0.409 e. The standard InChI is InChI=1S/C23H35N5O2.C19H33N3O2.C4H3ClN2.ClH/c1-2-30-22(29)27-14-8-23(17-27)15-19(16-23)26-12-6-18(7-13-26)20-5-3-11-28(20)21-24-9-4-10-25-21;1-2-24-18(23)22-11-7-19(14-22)12-16(13-19)21-9-5-15(6-10-21)17-4-3-8-20-17;5-4-6-2-1-3-7-4;/h4,9-10,18-20H,2-3,5-8,11-17H2,1H3;15-17,20H,2-14H2,1H3;1-3H;1H/t19?,20-,23?;16?,17-,19?;;/m00../s1. The number of amides is 2. The molecular weight excluding hydrogens is 827 g/mol. The maximum absolute atomic E-state index is 12.0. The summed E-state index contributed by atoms with van der Waals surface area (Å²) in [6.45, 7) is 15.6. The van der Waals surface area contributed by atoms with Crippen molar-refractivity contribution < 1.29 is 19.1 Å². The predicted molar refractivity (Wildman–Crippen MR) is 244 cm³/mol. The molecule has 10 rings (SSSR count). The van der Waals surface area contributed by atoms with Gasteiger partial charge in [-0.2, -0.15) is 0 Å². The minimum absolute atomic E-state index is 0. The Morgan fingerprint density at radius 2 is 1.18 bits per heavy atom. The number of carbonyl (C=O) groups is 2. The monoisotopic (exact) mass is 899 g/mol. The van der Waals surface area contributed by atoms with Crippen LogP contribution in [0.4, 0.5) is 15.5 Å². The lowest BCUT2D eigenvalue weighted by Crippen LogP contribution is -2.55. The fraction of sp³-hybridized carbons (Fsp3) is 0.783. The summed E-state index contributed by atoms with van der Waals surface area (Å²) in [7, 11) is 0. The van der Waals surface area contributed by atoms with Gasteiger partial charge in [0.05, 0.1) is 13.2 Å². The molecule has 0 aromatic carbocycles. The van der Waals surface area contributed by atoms with Crippen molar-refractivity contribution in [3.63, 3.8) is 0 Å². The average Bonchev–Trinajstić information content (AvgIpc) is 4.11. The number of halogens is 2. The van der Waals surface area contributed by atoms with Gasteiger partial charge in [-0.25, -0.2) is 29.5 Å². The normalized spacial score (nSPS) is 31.4. The Kier molecular flexibility index (Phi) is 16.5. The highest BCUT2D eigenvalue weighted by molar-refractivity contribution is 6.28. The van der Waals surface area contributed by atoms with Gasteiger partial charge >= 0.3 is 12.2 Å². The molecule has 2 spiro atoms. The number of nitrogens with one attached hydrogen (secondary N) is 1. The minimum Gasteiger partial charge on any atom is -0.450 e. The van der Waals surface area contributed by atoms with Crippen LogP contribution in [-0.4, -0.2) is 155 Å². The molecule has 14 nitrogen and oxygen atoms in total. The Bertz CT molecular complexity index is 1680. The summed E-state index contributed by atoms with van der Waals surface area (Å²) in [4.78, 5) is 52.0. The zero-order valence-corrected chi connectivity index (χ0v) is 38.8. The smallest absolute Gasteiger partial charge is 0.409 e. The Morgan fingerprint density at radius 3 is 1.63 bits per heavy atom. The zero-order valence-electron chi connectivity index (χ0n) is 37.3. The molecule has 2 saturated carbocycles. The number of ether oxygens (including phenoxy) is 2. The number of nitrogens with zero attached hydrogens (tertiary/aromatic N) is 9. The molecule has 2 aromatic heterocycles. The van der Waals surface area contributed by atoms with E-state index >= 15 is 0 Å². The van der Waals surface area contributed by atoms with Crippen LogP contribution >= 0.6 is 24.0 Å². The molecule has 62 heavy (non-hydrogen) atoms. The van der Waals surface area contributed by atoms with E-state index in [0.717, 1.165) is 69.0 Å². The van der Waals surface area contributed by atoms with Gasteiger partial charge in [0.1, 0.15) is 0 Å². The zero-order chi connectivity index (χ0) is 42.2. The Hall–Kier alpha value is -3.04. The van der Waals surface area contributed by atoms with Gasteiger partial charge < -0.3 is 39.3 Å². The second kappa shape index (κ2) is 21.8. The van der Waals surface area contributed by atoms with Crippen molar-refractivity contribution >= 4 is 42.1 Å². The maximum atomic E-state index is 12.0. The molecule has 1 N–H and O–H groups in total. The van der Waals surface area contributed by atoms with E-state index < -0.39 is 0 Å². The van der Waals surface area contributed by atoms with Gasteiger partial charge in [-0.3, -0.25) is 0 Å². The van der Waals surface area contributed by atoms with Crippen molar-refractivity contribution in [1.29, 1.82) is 0 Å². The number of rotatable bonds is 7. The lowest BCUT2D eigenvalue weighted by molar-refractivity contribution is -0.0116. The molecular formula is C46H72Cl2N10O4. The Morgan fingerprint density at radius 1 is 0.677 bits per heavy atom. The van der Waals surface area contributed by atoms with Gasteiger partial charge in [0, 0.05) is 81.7 Å². The lowest BCUT2D eigenvalue weighted by Gasteiger charge is -2.52. The SMILES string of the molecule is CCOC(=O)N1CCC2(CC(N3CCC([C@@H]4CCCN4)CC3)C2)C1.CCOC(=O)N1CCC2(CC(N3CCC([C@@H]4CCCN4c4ncccn4)CC3)C2)C1.Cl.Clc1ncccn1. The van der Waals surface area contributed by atoms with Gasteiger partial charge in [0.2, 0.25) is 11.2 Å². The predicted octanol–water partition coefficient (Wildman–Crippen LogP) is 7.18. The van der Waals surface area contributed by atoms with Crippen LogP contribution in [0.25, 0.3) is 0 Å². The van der Waals surface area contributed by atoms with Gasteiger partial charge in [0.15, 0.2) is 0 Å². The first-order chi connectivity index (χ1) is 29.8. The second-order valence-corrected chi connectivity index (χ2v) is 19.6. The molecule has 0 bridgehead atoms. The van der Waals surface area contributed by atoms with Crippen LogP contribution in [0.3, 0.4) is 0 Å². The number of likely N-dealkylation sites (tertiary alicyclic amines) is 4. The Balaban J connectivity index is 0.000000162. The summed E-state index contributed by atoms with van der Waals surface area (Å²) in [6, 6.07) is 6.50. The number of piperidine rings is 2. The number of hydrogen-bond acceptors (Lipinski definition) is 12. The fourth-order valence-electron chi connectivity index (χ4n) is 12.4. The Labute approximate surface area is 381 Å². The van der Waals surface area contributed by atoms with Gasteiger partial charge in [-0.05, 0) is 183 Å². The van der Waals surface area contributed by atoms with Crippen molar-refractivity contribution in [2.45, 2.75) is 128 Å². The molecule has 0 radical (unpaired) electrons. The number of hydrogen-bond donors (Lipinski definition) is 1. The third-order valence-electron chi connectivity index (χ3n) is 15.6. The molecule has 8 aliphatic rings. The summed E-state index contributed by atoms with van der Waals surface area (Å²) < 4.78 is 10.4. The van der Waals surface area contributed by atoms with Crippen LogP contribution in [0.5, 0.6) is 0 Å². The van der Waals surface area contributed by atoms with Crippen molar-refractivity contribution in [3.8, 4) is 0 Å². The first-order valence-corrected chi connectivity index (χ1v) is 24.1. The van der Waals surface area contributed by atoms with Crippen LogP contribution in [0.15, 0.2) is 36.9 Å². The van der Waals surface area contributed by atoms with Crippen molar-refractivity contribution in [3.05, 3.63) is 42.2 Å². The van der Waals surface area contributed by atoms with E-state index in [1.165, 1.54) is 116 Å². The molecule has 2 aliphatic carbocycles. The highest BCUT2D eigenvalue weighted by Crippen LogP contribution is 2.52. The van der Waals surface area contributed by atoms with E-state index in [-0.39, 0.29) is 24.6 Å². The molecule has 8 fully saturated rings. The van der Waals surface area contributed by atoms with Crippen LogP contribution in [0.2, 0.25) is 5.28 Å². The summed E-state index contributed by atoms with van der Waals surface area (Å²) >= 11 is 5.32. The van der Waals surface area contributed by atoms with E-state index in [9.17, 15) is 9.59 Å². The van der Waals surface area contributed by atoms with Gasteiger partial charge in [-0.15, -0.1) is 12.4 Å². The molecule has 2 amide bonds. The molecule has 16 heteroatoms. The van der Waals surface area contributed by atoms with Gasteiger partial charge in [-0.1, -0.05) is 0 Å². The third-order valence-corrected chi connectivity index (χ3v) is 15.8. The van der Waals surface area contributed by atoms with Crippen LogP contribution in [0, 0.1) is 22.7 Å². The number of anilines is 1. The average molecular weight is 900 g/mol. The summed E-state index contributed by atoms with van der Waals surface area (Å²) in [5, 5.41) is 3.99. The van der Waals surface area contributed by atoms with Crippen molar-refractivity contribution in [1.82, 2.24) is 44.9 Å². The first-order valence-electron chi connectivity index (χ1n) is 23.8. The quantitative estimate of drug-likeness (QED) is 0.283. The lowest BCUT2D eigenvalue weighted by atomic mass is 9.64. The molecule has 2 aromatic rings. The van der Waals surface area contributed by atoms with E-state index in [1.807, 2.05) is 42.1 Å². The van der Waals surface area contributed by atoms with E-state index in [0.29, 0.717) is 41.4 Å². The summed E-state index contributed by atoms with van der Waals surface area (Å²) in [5.74, 6) is 2.58. The van der Waals surface area contributed by atoms with Gasteiger partial charge in [0.25, 0.3) is 0 Å². The summed E-state index contributed by atoms with van der Waals surface area (Å²) in [6.07, 6.45) is 24.7. The molecule has 344 valence electrons. The molecule has 2 atom stereocenters. The second-order valence-electron chi connectivity index (χ2n) is 19.3. The largest absolute Gasteiger partial charge is 0.450 e. The fourth-order valence-corrected chi connectivity index (χ4v) is 12.5. The van der Waals surface area contributed by atoms with Crippen LogP contribution < -0.4 is 10.2 Å². The van der Waals surface area contributed by atoms with Crippen LogP contribution in [-0.2, 0) is 9.47 Å². The highest BCUT2D eigenvalue weighted by atomic mass is 35.5. The highest BCUT2D eigenvalue weighted by Gasteiger charge is 2.53. The van der Waals surface area contributed by atoms with Crippen molar-refractivity contribution in [2.24, 2.45) is 22.7 Å². The molecule has 0 unspecified atom stereocenters. The molecule has 8 heterocycles. The van der Waals surface area contributed by atoms with E-state index in [1.54, 1.807) is 18.5 Å². The van der Waals surface area contributed by atoms with E-state index in [4.69, 9.17) is 21.1 Å². The summed E-state index contributed by atoms with van der Waals surface area (Å²) in [5.41, 5.74) is 0.766. The number of carbonyl (C=O) groups excluding carboxylic acids is 2.